The number of hydrogen-bond donors (Lipinski definition) is 0. The first kappa shape index (κ1) is 29.5. The molecule has 0 atom stereocenters. The standard InChI is InChI=1S/C48H31N5/c1-3-17-35(18-4-1)51-29-27-41-43(51)26-25-40-39-22-9-10-24-44(39)53(46(40)41)48-49-45(42-28-30-52(47(42)50-48)36-19-5-2-6-20-36)34-16-11-15-33(31-34)38-23-12-14-32-13-7-8-21-37(32)38/h1-31H. The van der Waals surface area contributed by atoms with Gasteiger partial charge in [-0.1, -0.05) is 121 Å². The summed E-state index contributed by atoms with van der Waals surface area (Å²) in [6, 6.07) is 62.3. The van der Waals surface area contributed by atoms with Gasteiger partial charge in [0.05, 0.1) is 22.2 Å². The Morgan fingerprint density at radius 2 is 1.06 bits per heavy atom. The van der Waals surface area contributed by atoms with Crippen LogP contribution in [0.25, 0.3) is 94.2 Å². The second-order valence-corrected chi connectivity index (χ2v) is 13.5. The highest BCUT2D eigenvalue weighted by molar-refractivity contribution is 6.18. The van der Waals surface area contributed by atoms with Crippen molar-refractivity contribution >= 4 is 54.5 Å². The summed E-state index contributed by atoms with van der Waals surface area (Å²) in [6.07, 6.45) is 4.27. The van der Waals surface area contributed by atoms with Crippen molar-refractivity contribution < 1.29 is 0 Å². The predicted octanol–water partition coefficient (Wildman–Crippen LogP) is 11.9. The third-order valence-electron chi connectivity index (χ3n) is 10.5. The van der Waals surface area contributed by atoms with Gasteiger partial charge in [-0.25, -0.2) is 4.98 Å². The molecule has 0 bridgehead atoms. The molecule has 0 aliphatic heterocycles. The second kappa shape index (κ2) is 11.7. The maximum absolute atomic E-state index is 5.52. The van der Waals surface area contributed by atoms with Gasteiger partial charge in [-0.05, 0) is 76.5 Å². The van der Waals surface area contributed by atoms with Crippen LogP contribution in [-0.2, 0) is 0 Å². The van der Waals surface area contributed by atoms with Gasteiger partial charge in [-0.3, -0.25) is 4.57 Å². The fourth-order valence-corrected chi connectivity index (χ4v) is 8.13. The molecule has 0 aliphatic rings. The van der Waals surface area contributed by atoms with E-state index in [0.717, 1.165) is 61.2 Å². The van der Waals surface area contributed by atoms with Crippen LogP contribution in [0.5, 0.6) is 0 Å². The first-order valence-electron chi connectivity index (χ1n) is 17.9. The van der Waals surface area contributed by atoms with Gasteiger partial charge in [0.25, 0.3) is 0 Å². The zero-order chi connectivity index (χ0) is 34.9. The van der Waals surface area contributed by atoms with Crippen molar-refractivity contribution in [3.8, 4) is 39.7 Å². The fourth-order valence-electron chi connectivity index (χ4n) is 8.13. The zero-order valence-electron chi connectivity index (χ0n) is 28.6. The first-order valence-corrected chi connectivity index (χ1v) is 17.9. The second-order valence-electron chi connectivity index (χ2n) is 13.5. The number of aromatic nitrogens is 5. The van der Waals surface area contributed by atoms with Gasteiger partial charge in [0.1, 0.15) is 0 Å². The number of fused-ring (bicyclic) bond motifs is 7. The van der Waals surface area contributed by atoms with Gasteiger partial charge >= 0.3 is 0 Å². The van der Waals surface area contributed by atoms with E-state index in [0.29, 0.717) is 5.95 Å². The molecule has 0 saturated carbocycles. The molecular formula is C48H31N5. The van der Waals surface area contributed by atoms with Crippen molar-refractivity contribution in [1.29, 1.82) is 0 Å². The largest absolute Gasteiger partial charge is 0.316 e. The Morgan fingerprint density at radius 1 is 0.396 bits per heavy atom. The maximum Gasteiger partial charge on any atom is 0.237 e. The van der Waals surface area contributed by atoms with E-state index >= 15 is 0 Å². The minimum Gasteiger partial charge on any atom is -0.316 e. The van der Waals surface area contributed by atoms with Crippen molar-refractivity contribution in [2.24, 2.45) is 0 Å². The highest BCUT2D eigenvalue weighted by Crippen LogP contribution is 2.39. The summed E-state index contributed by atoms with van der Waals surface area (Å²) < 4.78 is 6.70. The van der Waals surface area contributed by atoms with Crippen LogP contribution in [-0.4, -0.2) is 23.7 Å². The Balaban J connectivity index is 1.21. The van der Waals surface area contributed by atoms with Crippen molar-refractivity contribution in [2.75, 3.05) is 0 Å². The normalized spacial score (nSPS) is 11.8. The summed E-state index contributed by atoms with van der Waals surface area (Å²) >= 11 is 0. The van der Waals surface area contributed by atoms with Gasteiger partial charge in [-0.15, -0.1) is 0 Å². The Bertz CT molecular complexity index is 3160. The summed E-state index contributed by atoms with van der Waals surface area (Å²) in [5.74, 6) is 0.630. The number of para-hydroxylation sites is 3. The van der Waals surface area contributed by atoms with E-state index in [4.69, 9.17) is 9.97 Å². The summed E-state index contributed by atoms with van der Waals surface area (Å²) in [5, 5.41) is 6.92. The Labute approximate surface area is 305 Å². The number of benzene rings is 7. The Kier molecular flexibility index (Phi) is 6.48. The SMILES string of the molecule is c1ccc(-n2ccc3c2ccc2c4ccccc4n(-c4nc(-c5cccc(-c6cccc7ccccc67)c5)c5ccn(-c6ccccc6)c5n4)c23)cc1. The maximum atomic E-state index is 5.52. The lowest BCUT2D eigenvalue weighted by Crippen LogP contribution is -2.05. The molecular weight excluding hydrogens is 647 g/mol. The van der Waals surface area contributed by atoms with Crippen LogP contribution < -0.4 is 0 Å². The molecule has 7 aromatic carbocycles. The molecule has 53 heavy (non-hydrogen) atoms. The molecule has 5 heteroatoms. The van der Waals surface area contributed by atoms with Crippen LogP contribution in [0.15, 0.2) is 188 Å². The monoisotopic (exact) mass is 677 g/mol. The molecule has 0 spiro atoms. The lowest BCUT2D eigenvalue weighted by molar-refractivity contribution is 0.990. The number of hydrogen-bond acceptors (Lipinski definition) is 2. The molecule has 5 nitrogen and oxygen atoms in total. The topological polar surface area (TPSA) is 40.6 Å². The van der Waals surface area contributed by atoms with Crippen molar-refractivity contribution in [3.05, 3.63) is 188 Å². The minimum atomic E-state index is 0.630. The van der Waals surface area contributed by atoms with E-state index in [2.05, 4.69) is 196 Å². The van der Waals surface area contributed by atoms with E-state index in [1.807, 2.05) is 6.07 Å². The molecule has 0 N–H and O–H groups in total. The van der Waals surface area contributed by atoms with Gasteiger partial charge in [0, 0.05) is 50.9 Å². The molecule has 0 saturated heterocycles. The zero-order valence-corrected chi connectivity index (χ0v) is 28.6. The average Bonchev–Trinajstić information content (AvgIpc) is 3.95. The van der Waals surface area contributed by atoms with E-state index in [9.17, 15) is 0 Å². The van der Waals surface area contributed by atoms with Crippen molar-refractivity contribution in [1.82, 2.24) is 23.7 Å². The third-order valence-corrected chi connectivity index (χ3v) is 10.5. The Morgan fingerprint density at radius 3 is 1.91 bits per heavy atom. The molecule has 0 unspecified atom stereocenters. The lowest BCUT2D eigenvalue weighted by Gasteiger charge is -2.13. The average molecular weight is 678 g/mol. The van der Waals surface area contributed by atoms with Crippen LogP contribution in [0.3, 0.4) is 0 Å². The first-order chi connectivity index (χ1) is 26.3. The van der Waals surface area contributed by atoms with E-state index in [1.165, 1.54) is 27.1 Å². The van der Waals surface area contributed by atoms with Gasteiger partial charge in [-0.2, -0.15) is 4.98 Å². The van der Waals surface area contributed by atoms with E-state index in [-0.39, 0.29) is 0 Å². The highest BCUT2D eigenvalue weighted by Gasteiger charge is 2.22. The van der Waals surface area contributed by atoms with Crippen molar-refractivity contribution in [2.45, 2.75) is 0 Å². The van der Waals surface area contributed by atoms with Crippen LogP contribution in [0.4, 0.5) is 0 Å². The molecule has 4 aromatic heterocycles. The summed E-state index contributed by atoms with van der Waals surface area (Å²) in [6.45, 7) is 0. The van der Waals surface area contributed by atoms with Gasteiger partial charge in [0.15, 0.2) is 5.65 Å². The smallest absolute Gasteiger partial charge is 0.237 e. The third kappa shape index (κ3) is 4.57. The minimum absolute atomic E-state index is 0.630. The van der Waals surface area contributed by atoms with Crippen LogP contribution in [0, 0.1) is 0 Å². The molecule has 4 heterocycles. The number of rotatable bonds is 5. The van der Waals surface area contributed by atoms with Gasteiger partial charge in [0.2, 0.25) is 5.95 Å². The molecule has 11 aromatic rings. The number of nitrogens with zero attached hydrogens (tertiary/aromatic N) is 5. The van der Waals surface area contributed by atoms with Crippen LogP contribution in [0.2, 0.25) is 0 Å². The molecule has 0 amide bonds. The molecule has 0 aliphatic carbocycles. The summed E-state index contributed by atoms with van der Waals surface area (Å²) in [4.78, 5) is 11.0. The highest BCUT2D eigenvalue weighted by atomic mass is 15.2. The summed E-state index contributed by atoms with van der Waals surface area (Å²) in [7, 11) is 0. The van der Waals surface area contributed by atoms with Crippen LogP contribution in [0.1, 0.15) is 0 Å². The van der Waals surface area contributed by atoms with E-state index < -0.39 is 0 Å². The molecule has 11 rings (SSSR count). The molecule has 0 fully saturated rings. The van der Waals surface area contributed by atoms with Crippen molar-refractivity contribution in [3.63, 3.8) is 0 Å². The summed E-state index contributed by atoms with van der Waals surface area (Å²) in [5.41, 5.74) is 10.6. The predicted molar refractivity (Wildman–Crippen MR) is 218 cm³/mol. The molecule has 0 radical (unpaired) electrons. The fraction of sp³-hybridized carbons (Fsp3) is 0. The molecule has 248 valence electrons. The van der Waals surface area contributed by atoms with Gasteiger partial charge < -0.3 is 9.13 Å². The van der Waals surface area contributed by atoms with Crippen LogP contribution >= 0.6 is 0 Å². The quantitative estimate of drug-likeness (QED) is 0.182. The Hall–Kier alpha value is -7.24. The lowest BCUT2D eigenvalue weighted by atomic mass is 9.96. The van der Waals surface area contributed by atoms with E-state index in [1.54, 1.807) is 0 Å².